The van der Waals surface area contributed by atoms with Crippen LogP contribution in [0.4, 0.5) is 0 Å². The Morgan fingerprint density at radius 1 is 0.786 bits per heavy atom. The number of phenols is 2. The lowest BCUT2D eigenvalue weighted by Crippen LogP contribution is -2.26. The lowest BCUT2D eigenvalue weighted by Gasteiger charge is -2.23. The number of esters is 1. The van der Waals surface area contributed by atoms with E-state index in [9.17, 15) is 19.8 Å². The first kappa shape index (κ1) is 35.1. The molecule has 0 amide bonds. The Bertz CT molecular complexity index is 1230. The number of aryl methyl sites for hydroxylation is 4. The van der Waals surface area contributed by atoms with Crippen molar-refractivity contribution in [2.45, 2.75) is 117 Å². The summed E-state index contributed by atoms with van der Waals surface area (Å²) in [5, 5.41) is 28.4. The average molecular weight is 587 g/mol. The van der Waals surface area contributed by atoms with Crippen molar-refractivity contribution in [2.24, 2.45) is 0 Å². The molecule has 234 valence electrons. The Morgan fingerprint density at radius 2 is 1.19 bits per heavy atom. The highest BCUT2D eigenvalue weighted by molar-refractivity contribution is 5.71. The molecule has 3 rings (SSSR count). The molecule has 0 aromatic heterocycles. The summed E-state index contributed by atoms with van der Waals surface area (Å²) in [6.45, 7) is 17.9. The molecule has 3 N–H and O–H groups in total. The summed E-state index contributed by atoms with van der Waals surface area (Å²) in [5.74, 6) is -0.250. The number of aromatic hydroxyl groups is 2. The van der Waals surface area contributed by atoms with E-state index in [2.05, 4.69) is 0 Å². The molecular formula is C34H50O8. The van der Waals surface area contributed by atoms with Gasteiger partial charge in [0.15, 0.2) is 0 Å². The van der Waals surface area contributed by atoms with Crippen LogP contribution in [0.2, 0.25) is 0 Å². The summed E-state index contributed by atoms with van der Waals surface area (Å²) >= 11 is 0. The molecule has 1 aliphatic carbocycles. The number of rotatable bonds is 10. The molecule has 8 nitrogen and oxygen atoms in total. The topological polar surface area (TPSA) is 123 Å². The number of aliphatic hydroxyl groups is 1. The molecule has 0 spiro atoms. The second-order valence-corrected chi connectivity index (χ2v) is 13.3. The molecule has 1 aliphatic rings. The van der Waals surface area contributed by atoms with Gasteiger partial charge in [0.25, 0.3) is 0 Å². The minimum absolute atomic E-state index is 0.00343. The molecule has 0 unspecified atom stereocenters. The van der Waals surface area contributed by atoms with E-state index in [1.54, 1.807) is 6.92 Å². The summed E-state index contributed by atoms with van der Waals surface area (Å²) in [6, 6.07) is 7.66. The van der Waals surface area contributed by atoms with Crippen LogP contribution in [0.5, 0.6) is 11.5 Å². The highest BCUT2D eigenvalue weighted by Crippen LogP contribution is 2.40. The molecule has 0 radical (unpaired) electrons. The molecule has 8 heteroatoms. The zero-order valence-electron chi connectivity index (χ0n) is 26.8. The predicted molar refractivity (Wildman–Crippen MR) is 163 cm³/mol. The lowest BCUT2D eigenvalue weighted by molar-refractivity contribution is -0.285. The molecule has 0 heterocycles. The molecule has 0 aliphatic heterocycles. The van der Waals surface area contributed by atoms with Gasteiger partial charge in [-0.15, -0.1) is 0 Å². The highest BCUT2D eigenvalue weighted by Gasteiger charge is 2.48. The van der Waals surface area contributed by atoms with E-state index in [1.807, 2.05) is 79.7 Å². The fraction of sp³-hybridized carbons (Fsp3) is 0.588. The maximum Gasteiger partial charge on any atom is 0.342 e. The van der Waals surface area contributed by atoms with Crippen LogP contribution >= 0.6 is 0 Å². The van der Waals surface area contributed by atoms with Crippen LogP contribution in [-0.4, -0.2) is 46.1 Å². The van der Waals surface area contributed by atoms with Crippen molar-refractivity contribution in [3.63, 3.8) is 0 Å². The molecule has 2 aromatic carbocycles. The summed E-state index contributed by atoms with van der Waals surface area (Å²) in [6.07, 6.45) is 2.61. The molecule has 0 saturated heterocycles. The van der Waals surface area contributed by atoms with Gasteiger partial charge in [-0.05, 0) is 90.7 Å². The number of ether oxygens (including phenoxy) is 1. The molecule has 0 bridgehead atoms. The van der Waals surface area contributed by atoms with Crippen molar-refractivity contribution in [3.8, 4) is 11.5 Å². The van der Waals surface area contributed by atoms with Gasteiger partial charge in [-0.25, -0.2) is 4.79 Å². The maximum atomic E-state index is 12.6. The van der Waals surface area contributed by atoms with Crippen molar-refractivity contribution in [1.29, 1.82) is 0 Å². The van der Waals surface area contributed by atoms with E-state index in [4.69, 9.17) is 19.6 Å². The predicted octanol–water partition coefficient (Wildman–Crippen LogP) is 6.42. The molecule has 0 atom stereocenters. The van der Waals surface area contributed by atoms with Crippen LogP contribution in [0.25, 0.3) is 0 Å². The fourth-order valence-electron chi connectivity index (χ4n) is 4.59. The zero-order valence-corrected chi connectivity index (χ0v) is 26.8. The van der Waals surface area contributed by atoms with Crippen LogP contribution in [0.3, 0.4) is 0 Å². The quantitative estimate of drug-likeness (QED) is 0.166. The third-order valence-corrected chi connectivity index (χ3v) is 7.18. The first-order valence-corrected chi connectivity index (χ1v) is 14.7. The Hall–Kier alpha value is -3.10. The number of hydrogen-bond acceptors (Lipinski definition) is 8. The Kier molecular flexibility index (Phi) is 12.0. The summed E-state index contributed by atoms with van der Waals surface area (Å²) in [4.78, 5) is 35.0. The van der Waals surface area contributed by atoms with Gasteiger partial charge in [0.05, 0.1) is 6.42 Å². The van der Waals surface area contributed by atoms with E-state index in [0.717, 1.165) is 33.4 Å². The Balaban J connectivity index is 0.00000197. The van der Waals surface area contributed by atoms with Gasteiger partial charge in [0.2, 0.25) is 0 Å². The highest BCUT2D eigenvalue weighted by atomic mass is 17.2. The normalized spacial score (nSPS) is 14.0. The molecule has 1 fully saturated rings. The monoisotopic (exact) mass is 586 g/mol. The van der Waals surface area contributed by atoms with Crippen LogP contribution in [0, 0.1) is 13.8 Å². The minimum Gasteiger partial charge on any atom is -0.507 e. The fourth-order valence-corrected chi connectivity index (χ4v) is 4.59. The van der Waals surface area contributed by atoms with Gasteiger partial charge in [-0.3, -0.25) is 9.68 Å². The number of carbonyl (C=O) groups is 2. The number of aliphatic hydroxyl groups excluding tert-OH is 1. The third kappa shape index (κ3) is 10.3. The first-order valence-electron chi connectivity index (χ1n) is 14.7. The van der Waals surface area contributed by atoms with Gasteiger partial charge < -0.3 is 20.1 Å². The van der Waals surface area contributed by atoms with E-state index >= 15 is 0 Å². The molecular weight excluding hydrogens is 536 g/mol. The summed E-state index contributed by atoms with van der Waals surface area (Å²) < 4.78 is 5.67. The van der Waals surface area contributed by atoms with E-state index in [-0.39, 0.29) is 48.6 Å². The number of hydrogen-bond donors (Lipinski definition) is 3. The Labute approximate surface area is 250 Å². The maximum absolute atomic E-state index is 12.6. The van der Waals surface area contributed by atoms with Crippen LogP contribution in [0.1, 0.15) is 108 Å². The first-order chi connectivity index (χ1) is 19.4. The molecule has 42 heavy (non-hydrogen) atoms. The largest absolute Gasteiger partial charge is 0.507 e. The standard InChI is InChI=1S/C32H44O7.C2H6O/c1-20-15-22(17-24(28(20)35)30(3,4)5)9-11-26(33)38-32(13-14-32)19-37-39-27(34)12-10-23-16-21(2)29(36)25(18-23)31(6,7)8;1-2-3/h15-18,35-36H,9-14,19H2,1-8H3;3H,2H2,1H3. The van der Waals surface area contributed by atoms with Crippen molar-refractivity contribution < 1.29 is 39.4 Å². The minimum atomic E-state index is -0.742. The van der Waals surface area contributed by atoms with Crippen molar-refractivity contribution in [1.82, 2.24) is 0 Å². The molecule has 1 saturated carbocycles. The zero-order chi connectivity index (χ0) is 31.9. The summed E-state index contributed by atoms with van der Waals surface area (Å²) in [7, 11) is 0. The second kappa shape index (κ2) is 14.4. The smallest absolute Gasteiger partial charge is 0.342 e. The van der Waals surface area contributed by atoms with Gasteiger partial charge in [-0.1, -0.05) is 65.8 Å². The SMILES string of the molecule is CCO.Cc1cc(CCC(=O)OOCC2(OC(=O)CCc3cc(C)c(O)c(C(C)(C)C)c3)CC2)cc(C(C)(C)C)c1O. The van der Waals surface area contributed by atoms with E-state index in [1.165, 1.54) is 0 Å². The third-order valence-electron chi connectivity index (χ3n) is 7.18. The number of benzene rings is 2. The van der Waals surface area contributed by atoms with Crippen LogP contribution in [-0.2, 0) is 47.8 Å². The van der Waals surface area contributed by atoms with Gasteiger partial charge in [0.1, 0.15) is 23.7 Å². The van der Waals surface area contributed by atoms with E-state index in [0.29, 0.717) is 31.4 Å². The van der Waals surface area contributed by atoms with E-state index < -0.39 is 11.6 Å². The van der Waals surface area contributed by atoms with Crippen LogP contribution < -0.4 is 0 Å². The second-order valence-electron chi connectivity index (χ2n) is 13.3. The number of phenolic OH excluding ortho intramolecular Hbond substituents is 2. The van der Waals surface area contributed by atoms with Gasteiger partial charge >= 0.3 is 11.9 Å². The average Bonchev–Trinajstić information content (AvgIpc) is 3.63. The molecule has 2 aromatic rings. The summed E-state index contributed by atoms with van der Waals surface area (Å²) in [5.41, 5.74) is 4.00. The Morgan fingerprint density at radius 3 is 1.57 bits per heavy atom. The van der Waals surface area contributed by atoms with Crippen molar-refractivity contribution in [2.75, 3.05) is 13.2 Å². The van der Waals surface area contributed by atoms with Crippen molar-refractivity contribution >= 4 is 11.9 Å². The van der Waals surface area contributed by atoms with Gasteiger partial charge in [0, 0.05) is 13.0 Å². The van der Waals surface area contributed by atoms with Crippen molar-refractivity contribution in [3.05, 3.63) is 57.6 Å². The van der Waals surface area contributed by atoms with Crippen LogP contribution in [0.15, 0.2) is 24.3 Å². The lowest BCUT2D eigenvalue weighted by atomic mass is 9.83. The number of carbonyl (C=O) groups excluding carboxylic acids is 2. The van der Waals surface area contributed by atoms with Gasteiger partial charge in [-0.2, -0.15) is 4.89 Å².